The van der Waals surface area contributed by atoms with Crippen LogP contribution in [0.2, 0.25) is 0 Å². The third-order valence-electron chi connectivity index (χ3n) is 3.96. The summed E-state index contributed by atoms with van der Waals surface area (Å²) in [7, 11) is 0. The van der Waals surface area contributed by atoms with Gasteiger partial charge in [-0.1, -0.05) is 0 Å². The first-order valence-electron chi connectivity index (χ1n) is 6.83. The average molecular weight is 266 g/mol. The normalized spacial score (nSPS) is 26.2. The Morgan fingerprint density at radius 3 is 2.44 bits per heavy atom. The van der Waals surface area contributed by atoms with Gasteiger partial charge < -0.3 is 10.1 Å². The molecule has 1 aromatic heterocycles. The zero-order chi connectivity index (χ0) is 13.0. The zero-order valence-corrected chi connectivity index (χ0v) is 12.5. The highest BCUT2D eigenvalue weighted by atomic mass is 32.1. The Hall–Kier alpha value is -0.450. The van der Waals surface area contributed by atoms with Crippen LogP contribution in [0.15, 0.2) is 0 Å². The minimum atomic E-state index is -0.236. The number of piperidine rings is 1. The second-order valence-corrected chi connectivity index (χ2v) is 7.41. The summed E-state index contributed by atoms with van der Waals surface area (Å²) in [4.78, 5) is 6.26. The van der Waals surface area contributed by atoms with Crippen LogP contribution >= 0.6 is 11.3 Å². The molecule has 1 saturated heterocycles. The summed E-state index contributed by atoms with van der Waals surface area (Å²) in [6.07, 6.45) is 2.43. The molecular weight excluding hydrogens is 244 g/mol. The molecule has 2 aliphatic rings. The molecule has 2 aliphatic heterocycles. The SMILES string of the molecule is CC1(C)OC(C)(C)c2sc(C3CCNCC3)nc21. The van der Waals surface area contributed by atoms with E-state index in [-0.39, 0.29) is 11.2 Å². The van der Waals surface area contributed by atoms with Gasteiger partial charge in [-0.2, -0.15) is 0 Å². The van der Waals surface area contributed by atoms with Gasteiger partial charge in [-0.15, -0.1) is 11.3 Å². The fraction of sp³-hybridized carbons (Fsp3) is 0.786. The molecule has 1 aromatic rings. The largest absolute Gasteiger partial charge is 0.358 e. The van der Waals surface area contributed by atoms with Gasteiger partial charge in [0.25, 0.3) is 0 Å². The van der Waals surface area contributed by atoms with Crippen LogP contribution in [0.1, 0.15) is 62.0 Å². The molecule has 0 aromatic carbocycles. The predicted molar refractivity (Wildman–Crippen MR) is 74.1 cm³/mol. The first-order chi connectivity index (χ1) is 8.40. The van der Waals surface area contributed by atoms with Crippen LogP contribution in [0.25, 0.3) is 0 Å². The molecule has 1 fully saturated rings. The van der Waals surface area contributed by atoms with E-state index in [2.05, 4.69) is 33.0 Å². The monoisotopic (exact) mass is 266 g/mol. The van der Waals surface area contributed by atoms with E-state index >= 15 is 0 Å². The lowest BCUT2D eigenvalue weighted by atomic mass is 9.98. The molecule has 3 rings (SSSR count). The molecule has 0 spiro atoms. The van der Waals surface area contributed by atoms with E-state index < -0.39 is 0 Å². The van der Waals surface area contributed by atoms with Crippen LogP contribution in [-0.2, 0) is 15.9 Å². The minimum absolute atomic E-state index is 0.179. The summed E-state index contributed by atoms with van der Waals surface area (Å²) >= 11 is 1.87. The maximum atomic E-state index is 6.12. The van der Waals surface area contributed by atoms with Crippen molar-refractivity contribution in [1.29, 1.82) is 0 Å². The van der Waals surface area contributed by atoms with E-state index in [1.54, 1.807) is 0 Å². The van der Waals surface area contributed by atoms with E-state index in [1.165, 1.54) is 28.4 Å². The van der Waals surface area contributed by atoms with Crippen molar-refractivity contribution in [3.05, 3.63) is 15.6 Å². The highest BCUT2D eigenvalue weighted by molar-refractivity contribution is 7.12. The Kier molecular flexibility index (Phi) is 2.81. The highest BCUT2D eigenvalue weighted by Gasteiger charge is 2.46. The van der Waals surface area contributed by atoms with E-state index in [9.17, 15) is 0 Å². The molecule has 0 aliphatic carbocycles. The second-order valence-electron chi connectivity index (χ2n) is 6.38. The number of thiazole rings is 1. The first kappa shape index (κ1) is 12.6. The Bertz CT molecular complexity index is 427. The van der Waals surface area contributed by atoms with Gasteiger partial charge in [-0.3, -0.25) is 0 Å². The van der Waals surface area contributed by atoms with E-state index in [0.717, 1.165) is 13.1 Å². The number of nitrogens with one attached hydrogen (secondary N) is 1. The molecule has 1 N–H and O–H groups in total. The number of hydrogen-bond donors (Lipinski definition) is 1. The number of ether oxygens (including phenoxy) is 1. The lowest BCUT2D eigenvalue weighted by Crippen LogP contribution is -2.27. The van der Waals surface area contributed by atoms with Crippen molar-refractivity contribution in [2.24, 2.45) is 0 Å². The van der Waals surface area contributed by atoms with E-state index in [4.69, 9.17) is 9.72 Å². The molecule has 0 amide bonds. The van der Waals surface area contributed by atoms with Crippen LogP contribution in [0, 0.1) is 0 Å². The molecule has 0 atom stereocenters. The second kappa shape index (κ2) is 4.02. The Morgan fingerprint density at radius 1 is 1.17 bits per heavy atom. The Morgan fingerprint density at radius 2 is 1.83 bits per heavy atom. The maximum absolute atomic E-state index is 6.12. The zero-order valence-electron chi connectivity index (χ0n) is 11.7. The maximum Gasteiger partial charge on any atom is 0.107 e. The van der Waals surface area contributed by atoms with Gasteiger partial charge in [0.15, 0.2) is 0 Å². The smallest absolute Gasteiger partial charge is 0.107 e. The molecule has 0 bridgehead atoms. The predicted octanol–water partition coefficient (Wildman–Crippen LogP) is 3.11. The summed E-state index contributed by atoms with van der Waals surface area (Å²) in [5.41, 5.74) is 0.758. The third kappa shape index (κ3) is 1.91. The van der Waals surface area contributed by atoms with Gasteiger partial charge >= 0.3 is 0 Å². The number of aromatic nitrogens is 1. The van der Waals surface area contributed by atoms with Gasteiger partial charge in [0, 0.05) is 5.92 Å². The average Bonchev–Trinajstić information content (AvgIpc) is 2.80. The summed E-state index contributed by atoms with van der Waals surface area (Å²) in [6, 6.07) is 0. The molecule has 3 nitrogen and oxygen atoms in total. The van der Waals surface area contributed by atoms with Gasteiger partial charge in [-0.05, 0) is 53.6 Å². The third-order valence-corrected chi connectivity index (χ3v) is 5.48. The number of hydrogen-bond acceptors (Lipinski definition) is 4. The number of nitrogens with zero attached hydrogens (tertiary/aromatic N) is 1. The van der Waals surface area contributed by atoms with Crippen LogP contribution in [-0.4, -0.2) is 18.1 Å². The van der Waals surface area contributed by atoms with Crippen LogP contribution in [0.3, 0.4) is 0 Å². The summed E-state index contributed by atoms with van der Waals surface area (Å²) in [5.74, 6) is 0.647. The topological polar surface area (TPSA) is 34.1 Å². The van der Waals surface area contributed by atoms with Gasteiger partial charge in [0.2, 0.25) is 0 Å². The van der Waals surface area contributed by atoms with Crippen LogP contribution in [0.5, 0.6) is 0 Å². The van der Waals surface area contributed by atoms with Crippen molar-refractivity contribution in [3.8, 4) is 0 Å². The molecule has 0 unspecified atom stereocenters. The van der Waals surface area contributed by atoms with Gasteiger partial charge in [0.1, 0.15) is 5.60 Å². The van der Waals surface area contributed by atoms with E-state index in [0.29, 0.717) is 5.92 Å². The molecule has 100 valence electrons. The van der Waals surface area contributed by atoms with Crippen molar-refractivity contribution in [2.75, 3.05) is 13.1 Å². The molecular formula is C14H22N2OS. The van der Waals surface area contributed by atoms with Crippen LogP contribution < -0.4 is 5.32 Å². The number of rotatable bonds is 1. The van der Waals surface area contributed by atoms with Crippen molar-refractivity contribution in [1.82, 2.24) is 10.3 Å². The first-order valence-corrected chi connectivity index (χ1v) is 7.64. The molecule has 4 heteroatoms. The minimum Gasteiger partial charge on any atom is -0.358 e. The van der Waals surface area contributed by atoms with Crippen molar-refractivity contribution in [2.45, 2.75) is 57.7 Å². The van der Waals surface area contributed by atoms with Crippen molar-refractivity contribution < 1.29 is 4.74 Å². The molecule has 0 saturated carbocycles. The summed E-state index contributed by atoms with van der Waals surface area (Å²) in [5, 5.41) is 4.74. The van der Waals surface area contributed by atoms with E-state index in [1.807, 2.05) is 11.3 Å². The quantitative estimate of drug-likeness (QED) is 0.848. The molecule has 18 heavy (non-hydrogen) atoms. The Labute approximate surface area is 113 Å². The van der Waals surface area contributed by atoms with Crippen molar-refractivity contribution >= 4 is 11.3 Å². The lowest BCUT2D eigenvalue weighted by molar-refractivity contribution is -0.105. The van der Waals surface area contributed by atoms with Crippen LogP contribution in [0.4, 0.5) is 0 Å². The molecule has 3 heterocycles. The standard InChI is InChI=1S/C14H22N2OS/c1-13(2)10-11(14(3,4)17-13)18-12(16-10)9-5-7-15-8-6-9/h9,15H,5-8H2,1-4H3. The van der Waals surface area contributed by atoms with Gasteiger partial charge in [0.05, 0.1) is 21.2 Å². The lowest BCUT2D eigenvalue weighted by Gasteiger charge is -2.26. The fourth-order valence-electron chi connectivity index (χ4n) is 3.13. The Balaban J connectivity index is 1.97. The summed E-state index contributed by atoms with van der Waals surface area (Å²) in [6.45, 7) is 10.8. The van der Waals surface area contributed by atoms with Crippen molar-refractivity contribution in [3.63, 3.8) is 0 Å². The highest BCUT2D eigenvalue weighted by Crippen LogP contribution is 2.50. The number of fused-ring (bicyclic) bond motifs is 1. The molecule has 0 radical (unpaired) electrons. The fourth-order valence-corrected chi connectivity index (χ4v) is 4.55. The summed E-state index contributed by atoms with van der Waals surface area (Å²) < 4.78 is 6.12. The van der Waals surface area contributed by atoms with Gasteiger partial charge in [-0.25, -0.2) is 4.98 Å².